The Labute approximate surface area is 175 Å². The van der Waals surface area contributed by atoms with E-state index in [9.17, 15) is 0 Å². The third kappa shape index (κ3) is 4.10. The molecule has 1 aliphatic heterocycles. The quantitative estimate of drug-likeness (QED) is 0.503. The lowest BCUT2D eigenvalue weighted by atomic mass is 10.2. The van der Waals surface area contributed by atoms with E-state index in [1.54, 1.807) is 11.3 Å². The molecule has 1 saturated heterocycles. The molecule has 4 heterocycles. The van der Waals surface area contributed by atoms with Gasteiger partial charge in [-0.25, -0.2) is 9.97 Å². The fraction of sp³-hybridized carbons (Fsp3) is 0.304. The van der Waals surface area contributed by atoms with Crippen LogP contribution >= 0.6 is 11.3 Å². The Kier molecular flexibility index (Phi) is 5.14. The summed E-state index contributed by atoms with van der Waals surface area (Å²) in [5, 5.41) is 3.31. The van der Waals surface area contributed by atoms with Crippen LogP contribution in [-0.2, 0) is 13.1 Å². The number of pyridine rings is 1. The topological polar surface area (TPSA) is 36.7 Å². The van der Waals surface area contributed by atoms with Gasteiger partial charge in [0.25, 0.3) is 0 Å². The van der Waals surface area contributed by atoms with Crippen LogP contribution in [0.4, 0.5) is 0 Å². The van der Waals surface area contributed by atoms with Crippen LogP contribution in [0.15, 0.2) is 60.1 Å². The van der Waals surface area contributed by atoms with Gasteiger partial charge in [-0.05, 0) is 19.1 Å². The average Bonchev–Trinajstić information content (AvgIpc) is 3.38. The maximum Gasteiger partial charge on any atom is 0.137 e. The molecule has 0 spiro atoms. The Bertz CT molecular complexity index is 1090. The number of hydrogen-bond donors (Lipinski definition) is 0. The molecule has 3 aromatic heterocycles. The number of piperazine rings is 1. The highest BCUT2D eigenvalue weighted by atomic mass is 32.1. The van der Waals surface area contributed by atoms with Crippen molar-refractivity contribution in [2.75, 3.05) is 26.2 Å². The van der Waals surface area contributed by atoms with Crippen LogP contribution in [0.5, 0.6) is 0 Å². The monoisotopic (exact) mass is 403 g/mol. The zero-order chi connectivity index (χ0) is 19.6. The molecule has 148 valence electrons. The molecular weight excluding hydrogens is 378 g/mol. The number of hydrogen-bond acceptors (Lipinski definition) is 5. The largest absolute Gasteiger partial charge is 0.304 e. The van der Waals surface area contributed by atoms with Crippen molar-refractivity contribution in [3.63, 3.8) is 0 Å². The van der Waals surface area contributed by atoms with Gasteiger partial charge in [-0.2, -0.15) is 0 Å². The molecular formula is C23H25N5S. The maximum absolute atomic E-state index is 4.84. The number of aromatic nitrogens is 3. The van der Waals surface area contributed by atoms with Gasteiger partial charge in [0, 0.05) is 62.1 Å². The molecule has 4 aromatic rings. The molecule has 0 aliphatic carbocycles. The Hall–Kier alpha value is -2.54. The summed E-state index contributed by atoms with van der Waals surface area (Å²) < 4.78 is 2.18. The molecule has 0 unspecified atom stereocenters. The molecule has 0 amide bonds. The van der Waals surface area contributed by atoms with Gasteiger partial charge < -0.3 is 4.40 Å². The third-order valence-electron chi connectivity index (χ3n) is 5.55. The molecule has 0 N–H and O–H groups in total. The molecule has 0 radical (unpaired) electrons. The minimum absolute atomic E-state index is 0.920. The van der Waals surface area contributed by atoms with E-state index >= 15 is 0 Å². The second-order valence-corrected chi connectivity index (χ2v) is 8.55. The summed E-state index contributed by atoms with van der Waals surface area (Å²) in [6.07, 6.45) is 2.18. The molecule has 6 heteroatoms. The van der Waals surface area contributed by atoms with Gasteiger partial charge in [-0.1, -0.05) is 36.4 Å². The second kappa shape index (κ2) is 8.06. The molecule has 0 bridgehead atoms. The van der Waals surface area contributed by atoms with Crippen molar-refractivity contribution in [3.05, 3.63) is 77.2 Å². The lowest BCUT2D eigenvalue weighted by Gasteiger charge is -2.33. The lowest BCUT2D eigenvalue weighted by Crippen LogP contribution is -2.45. The molecule has 0 saturated carbocycles. The summed E-state index contributed by atoms with van der Waals surface area (Å²) in [4.78, 5) is 14.6. The van der Waals surface area contributed by atoms with Crippen LogP contribution in [0, 0.1) is 6.92 Å². The van der Waals surface area contributed by atoms with E-state index < -0.39 is 0 Å². The van der Waals surface area contributed by atoms with E-state index in [1.807, 2.05) is 6.07 Å². The highest BCUT2D eigenvalue weighted by Gasteiger charge is 2.19. The molecule has 29 heavy (non-hydrogen) atoms. The molecule has 0 atom stereocenters. The second-order valence-electron chi connectivity index (χ2n) is 7.69. The van der Waals surface area contributed by atoms with Gasteiger partial charge in [-0.15, -0.1) is 11.3 Å². The summed E-state index contributed by atoms with van der Waals surface area (Å²) in [7, 11) is 0. The minimum Gasteiger partial charge on any atom is -0.304 e. The van der Waals surface area contributed by atoms with Crippen LogP contribution in [0.1, 0.15) is 17.1 Å². The molecule has 5 rings (SSSR count). The first kappa shape index (κ1) is 18.5. The fourth-order valence-electron chi connectivity index (χ4n) is 3.93. The maximum atomic E-state index is 4.84. The summed E-state index contributed by atoms with van der Waals surface area (Å²) >= 11 is 1.74. The Morgan fingerprint density at radius 2 is 1.55 bits per heavy atom. The van der Waals surface area contributed by atoms with Gasteiger partial charge in [-0.3, -0.25) is 9.80 Å². The van der Waals surface area contributed by atoms with Crippen LogP contribution in [0.2, 0.25) is 0 Å². The predicted octanol–water partition coefficient (Wildman–Crippen LogP) is 4.08. The molecule has 1 aromatic carbocycles. The first-order valence-corrected chi connectivity index (χ1v) is 11.0. The number of benzene rings is 1. The Balaban J connectivity index is 1.16. The van der Waals surface area contributed by atoms with Gasteiger partial charge in [0.2, 0.25) is 0 Å². The predicted molar refractivity (Wildman–Crippen MR) is 118 cm³/mol. The van der Waals surface area contributed by atoms with E-state index in [0.29, 0.717) is 0 Å². The SMILES string of the molecule is Cc1cccc2nc(CN3CCN(Cc4csc(-c5ccccc5)n4)CC3)cn12. The average molecular weight is 404 g/mol. The number of rotatable bonds is 5. The van der Waals surface area contributed by atoms with Crippen LogP contribution in [0.25, 0.3) is 16.2 Å². The van der Waals surface area contributed by atoms with E-state index in [2.05, 4.69) is 75.2 Å². The van der Waals surface area contributed by atoms with Crippen LogP contribution < -0.4 is 0 Å². The highest BCUT2D eigenvalue weighted by Crippen LogP contribution is 2.24. The zero-order valence-corrected chi connectivity index (χ0v) is 17.5. The Morgan fingerprint density at radius 1 is 0.828 bits per heavy atom. The third-order valence-corrected chi connectivity index (χ3v) is 6.49. The van der Waals surface area contributed by atoms with Gasteiger partial charge in [0.15, 0.2) is 0 Å². The lowest BCUT2D eigenvalue weighted by molar-refractivity contribution is 0.120. The summed E-state index contributed by atoms with van der Waals surface area (Å²) in [5.74, 6) is 0. The first-order valence-electron chi connectivity index (χ1n) is 10.1. The Morgan fingerprint density at radius 3 is 2.28 bits per heavy atom. The highest BCUT2D eigenvalue weighted by molar-refractivity contribution is 7.13. The van der Waals surface area contributed by atoms with Crippen LogP contribution in [-0.4, -0.2) is 50.3 Å². The normalized spacial score (nSPS) is 15.9. The van der Waals surface area contributed by atoms with Crippen molar-refractivity contribution < 1.29 is 0 Å². The van der Waals surface area contributed by atoms with Crippen molar-refractivity contribution in [2.45, 2.75) is 20.0 Å². The number of imidazole rings is 1. The van der Waals surface area contributed by atoms with E-state index in [0.717, 1.165) is 55.6 Å². The number of nitrogens with zero attached hydrogens (tertiary/aromatic N) is 5. The van der Waals surface area contributed by atoms with Crippen molar-refractivity contribution in [3.8, 4) is 10.6 Å². The standard InChI is InChI=1S/C23H25N5S/c1-18-6-5-9-22-24-20(16-28(18)22)14-26-10-12-27(13-11-26)15-21-17-29-23(25-21)19-7-3-2-4-8-19/h2-9,16-17H,10-15H2,1H3. The number of aryl methyl sites for hydroxylation is 1. The smallest absolute Gasteiger partial charge is 0.137 e. The van der Waals surface area contributed by atoms with Gasteiger partial charge in [0.05, 0.1) is 11.4 Å². The van der Waals surface area contributed by atoms with E-state index in [4.69, 9.17) is 9.97 Å². The van der Waals surface area contributed by atoms with E-state index in [1.165, 1.54) is 17.0 Å². The molecule has 1 aliphatic rings. The van der Waals surface area contributed by atoms with Crippen molar-refractivity contribution in [1.29, 1.82) is 0 Å². The zero-order valence-electron chi connectivity index (χ0n) is 16.7. The molecule has 1 fully saturated rings. The minimum atomic E-state index is 0.920. The van der Waals surface area contributed by atoms with Crippen LogP contribution in [0.3, 0.4) is 0 Å². The summed E-state index contributed by atoms with van der Waals surface area (Å²) in [5.41, 5.74) is 5.80. The first-order chi connectivity index (χ1) is 14.2. The van der Waals surface area contributed by atoms with E-state index in [-0.39, 0.29) is 0 Å². The van der Waals surface area contributed by atoms with Crippen molar-refractivity contribution in [2.24, 2.45) is 0 Å². The van der Waals surface area contributed by atoms with Crippen molar-refractivity contribution in [1.82, 2.24) is 24.2 Å². The van der Waals surface area contributed by atoms with Crippen molar-refractivity contribution >= 4 is 17.0 Å². The number of thiazole rings is 1. The van der Waals surface area contributed by atoms with Gasteiger partial charge in [0.1, 0.15) is 10.7 Å². The molecule has 5 nitrogen and oxygen atoms in total. The summed E-state index contributed by atoms with van der Waals surface area (Å²) in [6.45, 7) is 8.27. The number of fused-ring (bicyclic) bond motifs is 1. The van der Waals surface area contributed by atoms with Gasteiger partial charge >= 0.3 is 0 Å². The summed E-state index contributed by atoms with van der Waals surface area (Å²) in [6, 6.07) is 16.7. The fourth-order valence-corrected chi connectivity index (χ4v) is 4.75.